The Kier molecular flexibility index (Phi) is 6.94. The van der Waals surface area contributed by atoms with Crippen LogP contribution in [0.5, 0.6) is 0 Å². The fourth-order valence-electron chi connectivity index (χ4n) is 9.14. The summed E-state index contributed by atoms with van der Waals surface area (Å²) in [5.74, 6) is 0.418. The fourth-order valence-corrected chi connectivity index (χ4v) is 10.4. The van der Waals surface area contributed by atoms with Gasteiger partial charge in [-0.25, -0.2) is 15.0 Å². The Hall–Kier alpha value is -8.19. The average Bonchev–Trinajstić information content (AvgIpc) is 4.07. The molecule has 0 amide bonds. The summed E-state index contributed by atoms with van der Waals surface area (Å²) in [4.78, 5) is 15.2. The molecule has 294 valence electrons. The van der Waals surface area contributed by atoms with Crippen LogP contribution in [0.1, 0.15) is 6.85 Å². The summed E-state index contributed by atoms with van der Waals surface area (Å²) in [6.07, 6.45) is 0. The number of hydrogen-bond donors (Lipinski definition) is 0. The van der Waals surface area contributed by atoms with Gasteiger partial charge in [0.15, 0.2) is 17.5 Å². The van der Waals surface area contributed by atoms with Crippen molar-refractivity contribution in [3.8, 4) is 62.1 Å². The fraction of sp³-hybridized carbons (Fsp3) is 0. The highest BCUT2D eigenvalue weighted by atomic mass is 32.1. The predicted molar refractivity (Wildman–Crippen MR) is 262 cm³/mol. The first-order valence-corrected chi connectivity index (χ1v) is 21.5. The van der Waals surface area contributed by atoms with Crippen LogP contribution < -0.4 is 0 Å². The Morgan fingerprint density at radius 3 is 1.83 bits per heavy atom. The predicted octanol–water partition coefficient (Wildman–Crippen LogP) is 15.6. The van der Waals surface area contributed by atoms with Gasteiger partial charge in [-0.1, -0.05) is 170 Å². The van der Waals surface area contributed by atoms with Crippen LogP contribution in [0.3, 0.4) is 0 Å². The number of thiophene rings is 1. The number of nitrogens with zero attached hydrogens (tertiary/aromatic N) is 4. The molecule has 13 rings (SSSR count). The molecule has 6 heteroatoms. The summed E-state index contributed by atoms with van der Waals surface area (Å²) in [6.45, 7) is 0. The first kappa shape index (κ1) is 30.8. The maximum Gasteiger partial charge on any atom is 0.167 e. The largest absolute Gasteiger partial charge is 0.455 e. The molecular weight excluding hydrogens is 789 g/mol. The molecule has 0 unspecified atom stereocenters. The normalized spacial score (nSPS) is 12.9. The van der Waals surface area contributed by atoms with Crippen molar-refractivity contribution in [1.29, 1.82) is 0 Å². The van der Waals surface area contributed by atoms with Crippen LogP contribution in [0.2, 0.25) is 0 Å². The molecule has 0 spiro atoms. The molecule has 4 aromatic heterocycles. The van der Waals surface area contributed by atoms with Crippen molar-refractivity contribution in [3.05, 3.63) is 206 Å². The quantitative estimate of drug-likeness (QED) is 0.168. The van der Waals surface area contributed by atoms with Crippen molar-refractivity contribution in [1.82, 2.24) is 19.5 Å². The van der Waals surface area contributed by atoms with Crippen molar-refractivity contribution >= 4 is 75.3 Å². The topological polar surface area (TPSA) is 56.7 Å². The van der Waals surface area contributed by atoms with E-state index in [0.29, 0.717) is 22.3 Å². The molecule has 13 aromatic rings. The maximum atomic E-state index is 9.05. The second-order valence-electron chi connectivity index (χ2n) is 15.6. The van der Waals surface area contributed by atoms with E-state index < -0.39 is 30.2 Å². The molecule has 0 aliphatic heterocycles. The number of furan rings is 1. The van der Waals surface area contributed by atoms with Crippen molar-refractivity contribution in [2.24, 2.45) is 0 Å². The van der Waals surface area contributed by atoms with Gasteiger partial charge < -0.3 is 8.98 Å². The molecule has 0 fully saturated rings. The van der Waals surface area contributed by atoms with Crippen molar-refractivity contribution in [3.63, 3.8) is 0 Å². The van der Waals surface area contributed by atoms with E-state index in [1.54, 1.807) is 11.3 Å². The number of aromatic nitrogens is 4. The molecule has 0 saturated carbocycles. The van der Waals surface area contributed by atoms with E-state index in [0.717, 1.165) is 60.5 Å². The lowest BCUT2D eigenvalue weighted by Crippen LogP contribution is -2.01. The van der Waals surface area contributed by atoms with Crippen molar-refractivity contribution < 1.29 is 11.3 Å². The SMILES string of the molecule is [2H]c1c([2H])c([2H])c(-c2nc(-c3ccc(-c4cccc5c4sc4ccccc45)cc3)nc(-c3cc(-n4c5ccccc5c5ccccc54)cc4c3oc3cccc(-c5ccccc5)c34)n2)c([2H])c1[2H]. The zero-order valence-electron chi connectivity index (χ0n) is 38.3. The van der Waals surface area contributed by atoms with Gasteiger partial charge in [-0.05, 0) is 58.7 Å². The lowest BCUT2D eigenvalue weighted by Gasteiger charge is -2.13. The van der Waals surface area contributed by atoms with Gasteiger partial charge in [0.05, 0.1) is 23.5 Å². The molecule has 0 atom stereocenters. The van der Waals surface area contributed by atoms with Crippen LogP contribution in [0, 0.1) is 0 Å². The maximum absolute atomic E-state index is 9.05. The minimum absolute atomic E-state index is 0.0578. The third-order valence-corrected chi connectivity index (χ3v) is 13.2. The zero-order valence-corrected chi connectivity index (χ0v) is 34.2. The monoisotopic (exact) mass is 827 g/mol. The Morgan fingerprint density at radius 2 is 1.05 bits per heavy atom. The van der Waals surface area contributed by atoms with Crippen molar-refractivity contribution in [2.75, 3.05) is 0 Å². The molecule has 0 saturated heterocycles. The minimum Gasteiger partial charge on any atom is -0.455 e. The van der Waals surface area contributed by atoms with Gasteiger partial charge in [0.2, 0.25) is 0 Å². The summed E-state index contributed by atoms with van der Waals surface area (Å²) in [7, 11) is 0. The standard InChI is InChI=1S/C57H34N4OS/c1-3-15-35(16-4-1)40-22-14-27-50-52(40)46-33-39(61-48-25-10-7-19-42(48)43-20-8-11-26-49(43)61)34-47(53(46)62-50)57-59-55(37-17-5-2-6-18-37)58-56(60-57)38-31-29-36(30-32-38)41-23-13-24-45-44-21-9-12-28-51(44)63-54(41)45/h1-34H/i2D,5D,6D,17D,18D. The summed E-state index contributed by atoms with van der Waals surface area (Å²) in [5, 5.41) is 6.38. The van der Waals surface area contributed by atoms with Crippen LogP contribution >= 0.6 is 11.3 Å². The van der Waals surface area contributed by atoms with Gasteiger partial charge in [0, 0.05) is 58.5 Å². The highest BCUT2D eigenvalue weighted by Crippen LogP contribution is 2.44. The summed E-state index contributed by atoms with van der Waals surface area (Å²) in [5.41, 5.74) is 9.28. The molecule has 0 N–H and O–H groups in total. The van der Waals surface area contributed by atoms with Crippen LogP contribution in [0.15, 0.2) is 211 Å². The van der Waals surface area contributed by atoms with E-state index in [1.807, 2.05) is 84.9 Å². The highest BCUT2D eigenvalue weighted by molar-refractivity contribution is 7.26. The van der Waals surface area contributed by atoms with Crippen LogP contribution in [0.4, 0.5) is 0 Å². The lowest BCUT2D eigenvalue weighted by atomic mass is 9.98. The number of hydrogen-bond acceptors (Lipinski definition) is 5. The molecule has 0 bridgehead atoms. The third kappa shape index (κ3) is 5.73. The average molecular weight is 828 g/mol. The number of para-hydroxylation sites is 2. The molecule has 0 aliphatic carbocycles. The van der Waals surface area contributed by atoms with Crippen LogP contribution in [-0.4, -0.2) is 19.5 Å². The zero-order chi connectivity index (χ0) is 45.8. The molecular formula is C57H34N4OS. The molecule has 0 aliphatic rings. The van der Waals surface area contributed by atoms with Gasteiger partial charge in [-0.2, -0.15) is 0 Å². The summed E-state index contributed by atoms with van der Waals surface area (Å²) in [6, 6.07) is 57.7. The Bertz CT molecular complexity index is 4140. The summed E-state index contributed by atoms with van der Waals surface area (Å²) < 4.78 is 55.3. The first-order chi connectivity index (χ1) is 33.3. The lowest BCUT2D eigenvalue weighted by molar-refractivity contribution is 0.669. The first-order valence-electron chi connectivity index (χ1n) is 23.2. The van der Waals surface area contributed by atoms with E-state index in [4.69, 9.17) is 26.2 Å². The second kappa shape index (κ2) is 14.2. The molecule has 9 aromatic carbocycles. The smallest absolute Gasteiger partial charge is 0.167 e. The number of benzene rings is 9. The molecule has 5 nitrogen and oxygen atoms in total. The van der Waals surface area contributed by atoms with Gasteiger partial charge in [-0.3, -0.25) is 0 Å². The Balaban J connectivity index is 1.09. The van der Waals surface area contributed by atoms with E-state index in [9.17, 15) is 0 Å². The Morgan fingerprint density at radius 1 is 0.444 bits per heavy atom. The molecule has 63 heavy (non-hydrogen) atoms. The van der Waals surface area contributed by atoms with E-state index >= 15 is 0 Å². The third-order valence-electron chi connectivity index (χ3n) is 12.0. The number of rotatable bonds is 6. The van der Waals surface area contributed by atoms with Gasteiger partial charge in [-0.15, -0.1) is 11.3 Å². The Labute approximate surface area is 372 Å². The van der Waals surface area contributed by atoms with E-state index in [1.165, 1.54) is 20.2 Å². The van der Waals surface area contributed by atoms with Gasteiger partial charge in [0.1, 0.15) is 11.2 Å². The van der Waals surface area contributed by atoms with Crippen LogP contribution in [-0.2, 0) is 0 Å². The minimum atomic E-state index is -0.500. The van der Waals surface area contributed by atoms with Gasteiger partial charge >= 0.3 is 0 Å². The molecule has 0 radical (unpaired) electrons. The second-order valence-corrected chi connectivity index (χ2v) is 16.6. The summed E-state index contributed by atoms with van der Waals surface area (Å²) >= 11 is 1.77. The van der Waals surface area contributed by atoms with Crippen molar-refractivity contribution in [2.45, 2.75) is 0 Å². The van der Waals surface area contributed by atoms with Crippen LogP contribution in [0.25, 0.3) is 126 Å². The molecule has 4 heterocycles. The number of fused-ring (bicyclic) bond motifs is 9. The highest BCUT2D eigenvalue weighted by Gasteiger charge is 2.23. The van der Waals surface area contributed by atoms with Gasteiger partial charge in [0.25, 0.3) is 0 Å². The van der Waals surface area contributed by atoms with E-state index in [2.05, 4.69) is 95.6 Å². The van der Waals surface area contributed by atoms with E-state index in [-0.39, 0.29) is 23.0 Å².